The highest BCUT2D eigenvalue weighted by Crippen LogP contribution is 2.40. The standard InChI is InChI=1S/C45H50O18/c1-21(9-5-6-10-22(2)12-8-14-24(4)44(58)63-45-41(56)39(54)36(51)31(19-46)62-45)11-7-13-23(3)43(57)59-20-32-37(52)38(53)40(55)42(61-32)25-15-16-29-33(34(25)49)35(50)26-17-27(47)28(48)18-30(26)60-29/h5-18,31-32,36-42,45-49,51-56H,19-20H2,1-4H3. The molecule has 2 aliphatic heterocycles. The van der Waals surface area contributed by atoms with E-state index in [4.69, 9.17) is 23.4 Å². The summed E-state index contributed by atoms with van der Waals surface area (Å²) in [6.07, 6.45) is 0.895. The maximum atomic E-state index is 13.3. The Bertz CT molecular complexity index is 2450. The highest BCUT2D eigenvalue weighted by molar-refractivity contribution is 5.95. The van der Waals surface area contributed by atoms with Crippen LogP contribution in [-0.4, -0.2) is 131 Å². The number of esters is 2. The van der Waals surface area contributed by atoms with Crippen molar-refractivity contribution in [2.45, 2.75) is 88.9 Å². The lowest BCUT2D eigenvalue weighted by atomic mass is 9.90. The van der Waals surface area contributed by atoms with Crippen LogP contribution in [0.15, 0.2) is 117 Å². The zero-order valence-corrected chi connectivity index (χ0v) is 34.5. The van der Waals surface area contributed by atoms with Gasteiger partial charge in [0.15, 0.2) is 11.5 Å². The van der Waals surface area contributed by atoms with Gasteiger partial charge in [-0.2, -0.15) is 0 Å². The fourth-order valence-electron chi connectivity index (χ4n) is 6.53. The summed E-state index contributed by atoms with van der Waals surface area (Å²) < 4.78 is 27.1. The molecule has 10 N–H and O–H groups in total. The van der Waals surface area contributed by atoms with Gasteiger partial charge in [-0.25, -0.2) is 9.59 Å². The fraction of sp³-hybridized carbons (Fsp3) is 0.356. The maximum Gasteiger partial charge on any atom is 0.336 e. The molecule has 2 saturated heterocycles. The number of ether oxygens (including phenoxy) is 4. The van der Waals surface area contributed by atoms with Crippen LogP contribution in [0.2, 0.25) is 0 Å². The van der Waals surface area contributed by atoms with Crippen molar-refractivity contribution >= 4 is 33.9 Å². The Morgan fingerprint density at radius 1 is 0.667 bits per heavy atom. The van der Waals surface area contributed by atoms with Crippen molar-refractivity contribution in [1.29, 1.82) is 0 Å². The molecular weight excluding hydrogens is 828 g/mol. The van der Waals surface area contributed by atoms with Gasteiger partial charge in [0.2, 0.25) is 11.7 Å². The van der Waals surface area contributed by atoms with Gasteiger partial charge in [0.25, 0.3) is 0 Å². The van der Waals surface area contributed by atoms with E-state index in [9.17, 15) is 65.4 Å². The molecule has 0 aliphatic carbocycles. The first kappa shape index (κ1) is 48.1. The van der Waals surface area contributed by atoms with Gasteiger partial charge in [0, 0.05) is 22.8 Å². The molecule has 10 atom stereocenters. The van der Waals surface area contributed by atoms with E-state index in [1.54, 1.807) is 48.6 Å². The van der Waals surface area contributed by atoms with Gasteiger partial charge in [0.05, 0.1) is 12.0 Å². The van der Waals surface area contributed by atoms with Crippen LogP contribution in [0.4, 0.5) is 0 Å². The van der Waals surface area contributed by atoms with Crippen LogP contribution in [0.5, 0.6) is 17.2 Å². The third-order valence-electron chi connectivity index (χ3n) is 10.3. The average Bonchev–Trinajstić information content (AvgIpc) is 3.25. The molecule has 338 valence electrons. The average molecular weight is 879 g/mol. The highest BCUT2D eigenvalue weighted by atomic mass is 16.7. The largest absolute Gasteiger partial charge is 0.507 e. The lowest BCUT2D eigenvalue weighted by Gasteiger charge is -2.40. The number of fused-ring (bicyclic) bond motifs is 2. The van der Waals surface area contributed by atoms with Crippen molar-refractivity contribution in [1.82, 2.24) is 0 Å². The van der Waals surface area contributed by atoms with Gasteiger partial charge in [-0.1, -0.05) is 71.9 Å². The third kappa shape index (κ3) is 11.2. The van der Waals surface area contributed by atoms with E-state index >= 15 is 0 Å². The minimum absolute atomic E-state index is 0.0663. The Balaban J connectivity index is 1.13. The molecule has 2 aromatic carbocycles. The topological polar surface area (TPSA) is 304 Å². The fourth-order valence-corrected chi connectivity index (χ4v) is 6.53. The van der Waals surface area contributed by atoms with Crippen molar-refractivity contribution in [3.63, 3.8) is 0 Å². The Morgan fingerprint density at radius 2 is 1.24 bits per heavy atom. The summed E-state index contributed by atoms with van der Waals surface area (Å²) in [4.78, 5) is 38.6. The van der Waals surface area contributed by atoms with E-state index in [0.717, 1.165) is 23.3 Å². The minimum atomic E-state index is -1.81. The zero-order valence-electron chi connectivity index (χ0n) is 34.5. The number of hydrogen-bond donors (Lipinski definition) is 10. The molecular formula is C45H50O18. The Labute approximate surface area is 359 Å². The predicted molar refractivity (Wildman–Crippen MR) is 224 cm³/mol. The highest BCUT2D eigenvalue weighted by Gasteiger charge is 2.47. The summed E-state index contributed by atoms with van der Waals surface area (Å²) in [6.45, 7) is 5.40. The lowest BCUT2D eigenvalue weighted by Crippen LogP contribution is -2.59. The van der Waals surface area contributed by atoms with Crippen LogP contribution in [0, 0.1) is 0 Å². The number of aliphatic hydroxyl groups excluding tert-OH is 7. The Hall–Kier alpha value is -5.93. The van der Waals surface area contributed by atoms with Crippen molar-refractivity contribution < 1.29 is 84.0 Å². The first-order valence-corrected chi connectivity index (χ1v) is 19.6. The summed E-state index contributed by atoms with van der Waals surface area (Å²) in [5.41, 5.74) is 0.909. The molecule has 0 radical (unpaired) electrons. The van der Waals surface area contributed by atoms with Crippen LogP contribution in [0.25, 0.3) is 21.9 Å². The third-order valence-corrected chi connectivity index (χ3v) is 10.3. The monoisotopic (exact) mass is 878 g/mol. The summed E-state index contributed by atoms with van der Waals surface area (Å²) in [7, 11) is 0. The van der Waals surface area contributed by atoms with Gasteiger partial charge >= 0.3 is 11.9 Å². The molecule has 0 amide bonds. The number of carbonyl (C=O) groups excluding carboxylic acids is 2. The first-order chi connectivity index (χ1) is 29.8. The molecule has 0 spiro atoms. The van der Waals surface area contributed by atoms with E-state index in [-0.39, 0.29) is 38.6 Å². The maximum absolute atomic E-state index is 13.3. The molecule has 1 aromatic heterocycles. The van der Waals surface area contributed by atoms with Crippen molar-refractivity contribution in [2.75, 3.05) is 13.2 Å². The first-order valence-electron chi connectivity index (χ1n) is 19.6. The van der Waals surface area contributed by atoms with Gasteiger partial charge in [-0.3, -0.25) is 4.79 Å². The number of benzene rings is 2. The normalized spacial score (nSPS) is 27.9. The van der Waals surface area contributed by atoms with Gasteiger partial charge in [-0.05, 0) is 45.9 Å². The van der Waals surface area contributed by atoms with Gasteiger partial charge < -0.3 is 74.4 Å². The number of allylic oxidation sites excluding steroid dienone is 12. The molecule has 63 heavy (non-hydrogen) atoms. The summed E-state index contributed by atoms with van der Waals surface area (Å²) >= 11 is 0. The van der Waals surface area contributed by atoms with E-state index in [1.807, 2.05) is 13.8 Å². The number of phenolic OH excluding ortho intramolecular Hbond substituents is 3. The zero-order chi connectivity index (χ0) is 46.3. The van der Waals surface area contributed by atoms with Crippen LogP contribution in [0.3, 0.4) is 0 Å². The molecule has 18 heteroatoms. The van der Waals surface area contributed by atoms with Crippen LogP contribution >= 0.6 is 0 Å². The van der Waals surface area contributed by atoms with E-state index in [2.05, 4.69) is 0 Å². The second-order valence-electron chi connectivity index (χ2n) is 15.0. The number of phenols is 3. The molecule has 2 fully saturated rings. The Kier molecular flexibility index (Phi) is 16.0. The number of carbonyl (C=O) groups is 2. The van der Waals surface area contributed by atoms with Crippen LogP contribution in [0.1, 0.15) is 39.4 Å². The van der Waals surface area contributed by atoms with Crippen molar-refractivity contribution in [3.8, 4) is 17.2 Å². The summed E-state index contributed by atoms with van der Waals surface area (Å²) in [5, 5.41) is 102. The predicted octanol–water partition coefficient (Wildman–Crippen LogP) is 1.93. The number of hydrogen-bond acceptors (Lipinski definition) is 18. The van der Waals surface area contributed by atoms with Crippen molar-refractivity contribution in [2.24, 2.45) is 0 Å². The molecule has 18 nitrogen and oxygen atoms in total. The smallest absolute Gasteiger partial charge is 0.336 e. The van der Waals surface area contributed by atoms with E-state index in [0.29, 0.717) is 0 Å². The SMILES string of the molecule is CC(C=CC=C(C)C(=O)OCC1OC(c2ccc3oc4cc(O)c(O)cc4c(=O)c3c2O)C(O)C(O)C1O)=CC=CC=C(C)C=CC=C(C)C(=O)OC1OC(CO)C(O)C(O)C1O. The summed E-state index contributed by atoms with van der Waals surface area (Å²) in [5.74, 6) is -3.39. The molecule has 3 heterocycles. The number of rotatable bonds is 13. The molecule has 5 rings (SSSR count). The number of aliphatic hydroxyl groups is 7. The van der Waals surface area contributed by atoms with Crippen LogP contribution < -0.4 is 5.43 Å². The molecule has 10 unspecified atom stereocenters. The summed E-state index contributed by atoms with van der Waals surface area (Å²) in [6, 6.07) is 4.60. The second-order valence-corrected chi connectivity index (χ2v) is 15.0. The second kappa shape index (κ2) is 21.0. The van der Waals surface area contributed by atoms with Crippen LogP contribution in [-0.2, 0) is 28.5 Å². The quantitative estimate of drug-likeness (QED) is 0.0386. The molecule has 0 bridgehead atoms. The van der Waals surface area contributed by atoms with E-state index in [1.165, 1.54) is 38.1 Å². The number of aromatic hydroxyl groups is 3. The van der Waals surface area contributed by atoms with E-state index < -0.39 is 109 Å². The van der Waals surface area contributed by atoms with Gasteiger partial charge in [0.1, 0.15) is 83.8 Å². The Morgan fingerprint density at radius 3 is 1.86 bits per heavy atom. The molecule has 3 aromatic rings. The molecule has 0 saturated carbocycles. The molecule has 2 aliphatic rings. The van der Waals surface area contributed by atoms with Gasteiger partial charge in [-0.15, -0.1) is 0 Å². The van der Waals surface area contributed by atoms with Crippen molar-refractivity contribution in [3.05, 3.63) is 123 Å². The minimum Gasteiger partial charge on any atom is -0.507 e. The lowest BCUT2D eigenvalue weighted by molar-refractivity contribution is -0.291.